The van der Waals surface area contributed by atoms with Crippen LogP contribution in [0.15, 0.2) is 30.7 Å². The van der Waals surface area contributed by atoms with E-state index in [-0.39, 0.29) is 5.82 Å². The summed E-state index contributed by atoms with van der Waals surface area (Å²) in [6, 6.07) is 4.97. The summed E-state index contributed by atoms with van der Waals surface area (Å²) < 4.78 is 13.0. The van der Waals surface area contributed by atoms with Crippen LogP contribution >= 0.6 is 0 Å². The third kappa shape index (κ3) is 2.34. The van der Waals surface area contributed by atoms with Crippen LogP contribution in [0, 0.1) is 12.7 Å². The first kappa shape index (κ1) is 9.71. The molecule has 0 aliphatic heterocycles. The van der Waals surface area contributed by atoms with E-state index in [0.29, 0.717) is 12.1 Å². The molecular weight excluding hydrogens is 193 g/mol. The SMILES string of the molecule is Cc1cc(NCc2cnc[nH]2)ccc1F. The van der Waals surface area contributed by atoms with Crippen LogP contribution < -0.4 is 5.32 Å². The van der Waals surface area contributed by atoms with Crippen LogP contribution in [-0.2, 0) is 6.54 Å². The van der Waals surface area contributed by atoms with E-state index >= 15 is 0 Å². The molecule has 0 aliphatic rings. The molecule has 15 heavy (non-hydrogen) atoms. The van der Waals surface area contributed by atoms with E-state index in [1.54, 1.807) is 31.6 Å². The lowest BCUT2D eigenvalue weighted by molar-refractivity contribution is 0.618. The van der Waals surface area contributed by atoms with Crippen molar-refractivity contribution in [2.24, 2.45) is 0 Å². The first-order valence-electron chi connectivity index (χ1n) is 4.73. The number of aromatic nitrogens is 2. The van der Waals surface area contributed by atoms with Gasteiger partial charge in [-0.25, -0.2) is 9.37 Å². The maximum atomic E-state index is 13.0. The van der Waals surface area contributed by atoms with Gasteiger partial charge >= 0.3 is 0 Å². The van der Waals surface area contributed by atoms with Crippen LogP contribution in [0.5, 0.6) is 0 Å². The summed E-state index contributed by atoms with van der Waals surface area (Å²) in [5.74, 6) is -0.179. The zero-order chi connectivity index (χ0) is 10.7. The smallest absolute Gasteiger partial charge is 0.126 e. The quantitative estimate of drug-likeness (QED) is 0.808. The van der Waals surface area contributed by atoms with Gasteiger partial charge in [-0.3, -0.25) is 0 Å². The van der Waals surface area contributed by atoms with Crippen LogP contribution in [-0.4, -0.2) is 9.97 Å². The third-order valence-electron chi connectivity index (χ3n) is 2.20. The molecule has 4 heteroatoms. The van der Waals surface area contributed by atoms with Crippen molar-refractivity contribution in [1.29, 1.82) is 0 Å². The van der Waals surface area contributed by atoms with Gasteiger partial charge in [-0.1, -0.05) is 0 Å². The number of aryl methyl sites for hydroxylation is 1. The van der Waals surface area contributed by atoms with Gasteiger partial charge in [0.25, 0.3) is 0 Å². The Morgan fingerprint density at radius 2 is 2.33 bits per heavy atom. The number of benzene rings is 1. The van der Waals surface area contributed by atoms with Gasteiger partial charge < -0.3 is 10.3 Å². The minimum Gasteiger partial charge on any atom is -0.379 e. The van der Waals surface area contributed by atoms with Crippen molar-refractivity contribution in [1.82, 2.24) is 9.97 Å². The van der Waals surface area contributed by atoms with Gasteiger partial charge in [-0.2, -0.15) is 0 Å². The Labute approximate surface area is 87.4 Å². The van der Waals surface area contributed by atoms with E-state index in [1.165, 1.54) is 6.07 Å². The monoisotopic (exact) mass is 205 g/mol. The van der Waals surface area contributed by atoms with E-state index in [0.717, 1.165) is 11.4 Å². The highest BCUT2D eigenvalue weighted by Gasteiger charge is 1.99. The molecule has 0 fully saturated rings. The topological polar surface area (TPSA) is 40.7 Å². The molecule has 78 valence electrons. The molecule has 3 nitrogen and oxygen atoms in total. The van der Waals surface area contributed by atoms with Crippen molar-refractivity contribution in [3.8, 4) is 0 Å². The highest BCUT2D eigenvalue weighted by atomic mass is 19.1. The molecule has 2 N–H and O–H groups in total. The minimum absolute atomic E-state index is 0.179. The number of hydrogen-bond donors (Lipinski definition) is 2. The maximum absolute atomic E-state index is 13.0. The maximum Gasteiger partial charge on any atom is 0.126 e. The van der Waals surface area contributed by atoms with Gasteiger partial charge in [-0.05, 0) is 30.7 Å². The predicted octanol–water partition coefficient (Wildman–Crippen LogP) is 2.47. The summed E-state index contributed by atoms with van der Waals surface area (Å²) in [5, 5.41) is 3.18. The van der Waals surface area contributed by atoms with Crippen molar-refractivity contribution in [3.63, 3.8) is 0 Å². The Morgan fingerprint density at radius 1 is 1.47 bits per heavy atom. The van der Waals surface area contributed by atoms with Crippen LogP contribution in [0.2, 0.25) is 0 Å². The largest absolute Gasteiger partial charge is 0.379 e. The molecule has 0 amide bonds. The second-order valence-electron chi connectivity index (χ2n) is 3.39. The van der Waals surface area contributed by atoms with E-state index in [1.807, 2.05) is 0 Å². The van der Waals surface area contributed by atoms with Crippen LogP contribution in [0.4, 0.5) is 10.1 Å². The van der Waals surface area contributed by atoms with Crippen molar-refractivity contribution in [2.75, 3.05) is 5.32 Å². The molecule has 2 aromatic rings. The van der Waals surface area contributed by atoms with E-state index in [4.69, 9.17) is 0 Å². The number of hydrogen-bond acceptors (Lipinski definition) is 2. The van der Waals surface area contributed by atoms with Crippen LogP contribution in [0.3, 0.4) is 0 Å². The van der Waals surface area contributed by atoms with Crippen molar-refractivity contribution in [3.05, 3.63) is 47.8 Å². The molecule has 0 saturated heterocycles. The summed E-state index contributed by atoms with van der Waals surface area (Å²) in [6.07, 6.45) is 3.39. The Bertz CT molecular complexity index is 437. The summed E-state index contributed by atoms with van der Waals surface area (Å²) in [4.78, 5) is 6.90. The van der Waals surface area contributed by atoms with Crippen molar-refractivity contribution in [2.45, 2.75) is 13.5 Å². The number of halogens is 1. The first-order valence-corrected chi connectivity index (χ1v) is 4.73. The molecule has 1 heterocycles. The van der Waals surface area contributed by atoms with Crippen molar-refractivity contribution < 1.29 is 4.39 Å². The van der Waals surface area contributed by atoms with Gasteiger partial charge in [0.2, 0.25) is 0 Å². The predicted molar refractivity (Wildman–Crippen MR) is 57.1 cm³/mol. The standard InChI is InChI=1S/C11H12FN3/c1-8-4-9(2-3-11(8)12)14-6-10-5-13-7-15-10/h2-5,7,14H,6H2,1H3,(H,13,15). The van der Waals surface area contributed by atoms with E-state index in [9.17, 15) is 4.39 Å². The lowest BCUT2D eigenvalue weighted by Gasteiger charge is -2.05. The molecule has 2 rings (SSSR count). The number of nitrogens with one attached hydrogen (secondary N) is 2. The van der Waals surface area contributed by atoms with Crippen LogP contribution in [0.25, 0.3) is 0 Å². The van der Waals surface area contributed by atoms with Gasteiger partial charge in [0.05, 0.1) is 18.6 Å². The fourth-order valence-electron chi connectivity index (χ4n) is 1.33. The zero-order valence-electron chi connectivity index (χ0n) is 8.42. The summed E-state index contributed by atoms with van der Waals surface area (Å²) >= 11 is 0. The highest BCUT2D eigenvalue weighted by Crippen LogP contribution is 2.14. The first-order chi connectivity index (χ1) is 7.25. The fraction of sp³-hybridized carbons (Fsp3) is 0.182. The second-order valence-corrected chi connectivity index (χ2v) is 3.39. The average Bonchev–Trinajstić information content (AvgIpc) is 2.73. The van der Waals surface area contributed by atoms with Crippen molar-refractivity contribution >= 4 is 5.69 Å². The third-order valence-corrected chi connectivity index (χ3v) is 2.20. The summed E-state index contributed by atoms with van der Waals surface area (Å²) in [5.41, 5.74) is 2.55. The van der Waals surface area contributed by atoms with Gasteiger partial charge in [0, 0.05) is 11.9 Å². The molecule has 0 radical (unpaired) electrons. The fourth-order valence-corrected chi connectivity index (χ4v) is 1.33. The molecule has 1 aromatic carbocycles. The van der Waals surface area contributed by atoms with E-state index in [2.05, 4.69) is 15.3 Å². The number of H-pyrrole nitrogens is 1. The van der Waals surface area contributed by atoms with Gasteiger partial charge in [0.1, 0.15) is 5.82 Å². The normalized spacial score (nSPS) is 10.3. The Balaban J connectivity index is 2.02. The number of imidazole rings is 1. The van der Waals surface area contributed by atoms with Gasteiger partial charge in [0.15, 0.2) is 0 Å². The minimum atomic E-state index is -0.179. The number of aromatic amines is 1. The molecular formula is C11H12FN3. The molecule has 0 bridgehead atoms. The van der Waals surface area contributed by atoms with Crippen LogP contribution in [0.1, 0.15) is 11.3 Å². The molecule has 0 atom stereocenters. The van der Waals surface area contributed by atoms with Gasteiger partial charge in [-0.15, -0.1) is 0 Å². The Morgan fingerprint density at radius 3 is 3.00 bits per heavy atom. The number of anilines is 1. The Kier molecular flexibility index (Phi) is 2.67. The zero-order valence-corrected chi connectivity index (χ0v) is 8.42. The summed E-state index contributed by atoms with van der Waals surface area (Å²) in [7, 11) is 0. The lowest BCUT2D eigenvalue weighted by atomic mass is 10.2. The Hall–Kier alpha value is -1.84. The summed E-state index contributed by atoms with van der Waals surface area (Å²) in [6.45, 7) is 2.40. The molecule has 0 saturated carbocycles. The molecule has 0 spiro atoms. The van der Waals surface area contributed by atoms with E-state index < -0.39 is 0 Å². The second kappa shape index (κ2) is 4.13. The number of rotatable bonds is 3. The average molecular weight is 205 g/mol. The highest BCUT2D eigenvalue weighted by molar-refractivity contribution is 5.46. The molecule has 0 unspecified atom stereocenters. The molecule has 1 aromatic heterocycles. The molecule has 0 aliphatic carbocycles. The number of nitrogens with zero attached hydrogens (tertiary/aromatic N) is 1. The lowest BCUT2D eigenvalue weighted by Crippen LogP contribution is -2.00.